The molecule has 36 heavy (non-hydrogen) atoms. The first-order valence-electron chi connectivity index (χ1n) is 11.2. The molecule has 4 rings (SSSR count). The molecule has 10 nitrogen and oxygen atoms in total. The maximum atomic E-state index is 13.5. The number of nitrogens with zero attached hydrogens (tertiary/aromatic N) is 4. The van der Waals surface area contributed by atoms with Crippen LogP contribution in [-0.4, -0.2) is 46.1 Å². The van der Waals surface area contributed by atoms with Crippen LogP contribution >= 0.6 is 23.2 Å². The van der Waals surface area contributed by atoms with Crippen molar-refractivity contribution in [1.82, 2.24) is 19.4 Å². The molecule has 0 bridgehead atoms. The van der Waals surface area contributed by atoms with Gasteiger partial charge in [0.1, 0.15) is 18.1 Å². The maximum Gasteiger partial charge on any atom is 0.355 e. The van der Waals surface area contributed by atoms with Crippen molar-refractivity contribution >= 4 is 40.9 Å². The van der Waals surface area contributed by atoms with Gasteiger partial charge in [-0.25, -0.2) is 14.2 Å². The molecule has 1 aromatic heterocycles. The molecule has 2 heterocycles. The predicted molar refractivity (Wildman–Crippen MR) is 139 cm³/mol. The van der Waals surface area contributed by atoms with E-state index in [1.807, 2.05) is 12.1 Å². The summed E-state index contributed by atoms with van der Waals surface area (Å²) >= 11 is 12.1. The lowest BCUT2D eigenvalue weighted by atomic mass is 10.2. The van der Waals surface area contributed by atoms with Crippen LogP contribution in [0.15, 0.2) is 57.0 Å². The highest BCUT2D eigenvalue weighted by molar-refractivity contribution is 6.42. The number of aliphatic imine (C=N–C) groups is 1. The lowest BCUT2D eigenvalue weighted by Gasteiger charge is -2.16. The second-order valence-corrected chi connectivity index (χ2v) is 8.93. The minimum Gasteiger partial charge on any atom is -0.497 e. The topological polar surface area (TPSA) is 120 Å². The van der Waals surface area contributed by atoms with Gasteiger partial charge in [0.05, 0.1) is 30.2 Å². The van der Waals surface area contributed by atoms with Crippen LogP contribution in [-0.2, 0) is 17.9 Å². The molecular weight excluding hydrogens is 507 g/mol. The van der Waals surface area contributed by atoms with Gasteiger partial charge >= 0.3 is 11.4 Å². The quantitative estimate of drug-likeness (QED) is 0.388. The van der Waals surface area contributed by atoms with E-state index in [4.69, 9.17) is 27.9 Å². The van der Waals surface area contributed by atoms with E-state index in [0.29, 0.717) is 46.6 Å². The first kappa shape index (κ1) is 25.5. The second kappa shape index (κ2) is 11.4. The number of amides is 1. The summed E-state index contributed by atoms with van der Waals surface area (Å²) in [6.45, 7) is 0.732. The number of ether oxygens (including phenoxy) is 1. The van der Waals surface area contributed by atoms with Gasteiger partial charge < -0.3 is 15.4 Å². The van der Waals surface area contributed by atoms with Crippen LogP contribution in [0.2, 0.25) is 10.0 Å². The number of benzene rings is 2. The molecule has 0 unspecified atom stereocenters. The van der Waals surface area contributed by atoms with Gasteiger partial charge in [0.2, 0.25) is 11.9 Å². The number of methoxy groups -OCH3 is 1. The van der Waals surface area contributed by atoms with Crippen LogP contribution < -0.4 is 26.7 Å². The molecule has 2 N–H and O–H groups in total. The van der Waals surface area contributed by atoms with Crippen molar-refractivity contribution in [3.05, 3.63) is 84.6 Å². The van der Waals surface area contributed by atoms with E-state index in [9.17, 15) is 14.4 Å². The maximum absolute atomic E-state index is 13.5. The van der Waals surface area contributed by atoms with Gasteiger partial charge in [0.15, 0.2) is 0 Å². The van der Waals surface area contributed by atoms with Crippen LogP contribution in [0.25, 0.3) is 0 Å². The van der Waals surface area contributed by atoms with Crippen molar-refractivity contribution in [3.8, 4) is 5.75 Å². The van der Waals surface area contributed by atoms with E-state index in [0.717, 1.165) is 10.1 Å². The number of hydrogen-bond donors (Lipinski definition) is 2. The van der Waals surface area contributed by atoms with E-state index >= 15 is 0 Å². The molecule has 12 heteroatoms. The number of rotatable bonds is 10. The summed E-state index contributed by atoms with van der Waals surface area (Å²) < 4.78 is 7.67. The van der Waals surface area contributed by atoms with Crippen molar-refractivity contribution < 1.29 is 9.53 Å². The van der Waals surface area contributed by atoms with E-state index in [2.05, 4.69) is 20.6 Å². The molecule has 0 saturated heterocycles. The Morgan fingerprint density at radius 3 is 2.39 bits per heavy atom. The van der Waals surface area contributed by atoms with Gasteiger partial charge in [0, 0.05) is 13.0 Å². The highest BCUT2D eigenvalue weighted by Gasteiger charge is 2.16. The Labute approximate surface area is 216 Å². The number of aromatic nitrogens is 3. The van der Waals surface area contributed by atoms with Crippen LogP contribution in [0.4, 0.5) is 5.95 Å². The zero-order valence-electron chi connectivity index (χ0n) is 19.5. The number of amidine groups is 1. The SMILES string of the molecule is COc1ccc(Cn2c(NCCCC3=NCC(=O)N3)nc(=O)n(Cc3ccc(Cl)c(Cl)c3)c2=O)cc1. The third kappa shape index (κ3) is 6.13. The smallest absolute Gasteiger partial charge is 0.355 e. The van der Waals surface area contributed by atoms with Crippen molar-refractivity contribution in [2.45, 2.75) is 25.9 Å². The minimum absolute atomic E-state index is 0.00995. The van der Waals surface area contributed by atoms with E-state index < -0.39 is 11.4 Å². The van der Waals surface area contributed by atoms with Crippen molar-refractivity contribution in [3.63, 3.8) is 0 Å². The van der Waals surface area contributed by atoms with Gasteiger partial charge in [-0.15, -0.1) is 0 Å². The normalized spacial score (nSPS) is 12.9. The van der Waals surface area contributed by atoms with Gasteiger partial charge in [-0.3, -0.25) is 14.4 Å². The molecule has 0 fully saturated rings. The molecular formula is C24H24Cl2N6O4. The largest absolute Gasteiger partial charge is 0.497 e. The summed E-state index contributed by atoms with van der Waals surface area (Å²) in [6, 6.07) is 12.2. The van der Waals surface area contributed by atoms with E-state index in [1.54, 1.807) is 37.4 Å². The van der Waals surface area contributed by atoms with Crippen LogP contribution in [0.1, 0.15) is 24.0 Å². The lowest BCUT2D eigenvalue weighted by molar-refractivity contribution is -0.117. The summed E-state index contributed by atoms with van der Waals surface area (Å²) in [5, 5.41) is 6.49. The Hall–Kier alpha value is -3.63. The Bertz CT molecular complexity index is 1420. The predicted octanol–water partition coefficient (Wildman–Crippen LogP) is 2.54. The van der Waals surface area contributed by atoms with Crippen molar-refractivity contribution in [1.29, 1.82) is 0 Å². The fourth-order valence-corrected chi connectivity index (χ4v) is 4.00. The fourth-order valence-electron chi connectivity index (χ4n) is 3.68. The average molecular weight is 531 g/mol. The van der Waals surface area contributed by atoms with Crippen LogP contribution in [0.5, 0.6) is 5.75 Å². The molecule has 0 radical (unpaired) electrons. The molecule has 1 amide bonds. The number of anilines is 1. The molecule has 1 aliphatic rings. The van der Waals surface area contributed by atoms with Crippen LogP contribution in [0, 0.1) is 0 Å². The average Bonchev–Trinajstić information content (AvgIpc) is 3.29. The Morgan fingerprint density at radius 1 is 1.00 bits per heavy atom. The monoisotopic (exact) mass is 530 g/mol. The van der Waals surface area contributed by atoms with Gasteiger partial charge in [-0.1, -0.05) is 41.4 Å². The summed E-state index contributed by atoms with van der Waals surface area (Å²) in [7, 11) is 1.58. The van der Waals surface area contributed by atoms with Crippen molar-refractivity contribution in [2.75, 3.05) is 25.5 Å². The molecule has 0 spiro atoms. The highest BCUT2D eigenvalue weighted by atomic mass is 35.5. The molecule has 0 atom stereocenters. The summed E-state index contributed by atoms with van der Waals surface area (Å²) in [5.41, 5.74) is 0.255. The van der Waals surface area contributed by atoms with Gasteiger partial charge in [-0.2, -0.15) is 4.98 Å². The van der Waals surface area contributed by atoms with Gasteiger partial charge in [0.25, 0.3) is 0 Å². The third-order valence-corrected chi connectivity index (χ3v) is 6.28. The van der Waals surface area contributed by atoms with Crippen molar-refractivity contribution in [2.24, 2.45) is 4.99 Å². The zero-order chi connectivity index (χ0) is 25.7. The summed E-state index contributed by atoms with van der Waals surface area (Å²) in [4.78, 5) is 45.9. The summed E-state index contributed by atoms with van der Waals surface area (Å²) in [6.07, 6.45) is 1.17. The van der Waals surface area contributed by atoms with E-state index in [-0.39, 0.29) is 31.5 Å². The number of carbonyl (C=O) groups excluding carboxylic acids is 1. The minimum atomic E-state index is -0.688. The molecule has 3 aromatic rings. The number of hydrogen-bond acceptors (Lipinski definition) is 7. The number of carbonyl (C=O) groups is 1. The fraction of sp³-hybridized carbons (Fsp3) is 0.292. The standard InChI is InChI=1S/C24H24Cl2N6O4/c1-36-17-7-4-15(5-8-17)13-31-22(27-10-2-3-20-28-12-21(33)29-20)30-23(34)32(24(31)35)14-16-6-9-18(25)19(26)11-16/h4-9,11H,2-3,10,12-14H2,1H3,(H,27,30,34)(H,28,29,33). The Kier molecular flexibility index (Phi) is 8.07. The second-order valence-electron chi connectivity index (χ2n) is 8.11. The first-order chi connectivity index (χ1) is 17.3. The Morgan fingerprint density at radius 2 is 1.72 bits per heavy atom. The highest BCUT2D eigenvalue weighted by Crippen LogP contribution is 2.22. The molecule has 1 aliphatic heterocycles. The zero-order valence-corrected chi connectivity index (χ0v) is 21.0. The lowest BCUT2D eigenvalue weighted by Crippen LogP contribution is -2.43. The molecule has 0 saturated carbocycles. The first-order valence-corrected chi connectivity index (χ1v) is 11.9. The molecule has 188 valence electrons. The molecule has 0 aliphatic carbocycles. The van der Waals surface area contributed by atoms with Crippen LogP contribution in [0.3, 0.4) is 0 Å². The number of nitrogens with one attached hydrogen (secondary N) is 2. The van der Waals surface area contributed by atoms with Gasteiger partial charge in [-0.05, 0) is 41.8 Å². The summed E-state index contributed by atoms with van der Waals surface area (Å²) in [5.74, 6) is 1.35. The number of halogens is 2. The molecule has 2 aromatic carbocycles. The van der Waals surface area contributed by atoms with E-state index in [1.165, 1.54) is 4.57 Å². The third-order valence-electron chi connectivity index (χ3n) is 5.55. The Balaban J connectivity index is 1.60.